The van der Waals surface area contributed by atoms with E-state index in [1.54, 1.807) is 18.4 Å². The van der Waals surface area contributed by atoms with E-state index in [0.29, 0.717) is 6.54 Å². The van der Waals surface area contributed by atoms with Crippen molar-refractivity contribution in [2.75, 3.05) is 25.5 Å². The zero-order valence-electron chi connectivity index (χ0n) is 16.8. The number of nitrogens with zero attached hydrogens (tertiary/aromatic N) is 2. The molecule has 0 radical (unpaired) electrons. The summed E-state index contributed by atoms with van der Waals surface area (Å²) in [6.45, 7) is 12.4. The summed E-state index contributed by atoms with van der Waals surface area (Å²) in [6.07, 6.45) is 0. The molecule has 27 heavy (non-hydrogen) atoms. The Hall–Kier alpha value is -2.18. The molecule has 0 aliphatic heterocycles. The Balaban J connectivity index is 1.96. The molecular formula is C21H29N4OS+. The largest absolute Gasteiger partial charge is 0.496 e. The number of hydrogen-bond donors (Lipinski definition) is 2. The van der Waals surface area contributed by atoms with Crippen molar-refractivity contribution in [3.8, 4) is 5.75 Å². The average molecular weight is 386 g/mol. The molecule has 0 atom stereocenters. The number of nitrogens with one attached hydrogen (secondary N) is 2. The lowest BCUT2D eigenvalue weighted by molar-refractivity contribution is -0.910. The van der Waals surface area contributed by atoms with Crippen molar-refractivity contribution in [1.29, 1.82) is 0 Å². The van der Waals surface area contributed by atoms with Gasteiger partial charge in [0, 0.05) is 17.0 Å². The Morgan fingerprint density at radius 1 is 1.11 bits per heavy atom. The summed E-state index contributed by atoms with van der Waals surface area (Å²) in [5.41, 5.74) is 2.38. The summed E-state index contributed by atoms with van der Waals surface area (Å²) >= 11 is 1.75. The maximum Gasteiger partial charge on any atom is 0.187 e. The lowest BCUT2D eigenvalue weighted by atomic mass is 10.2. The number of methoxy groups -OCH3 is 1. The number of quaternary nitrogens is 1. The molecule has 3 rings (SSSR count). The second-order valence-corrected chi connectivity index (χ2v) is 7.95. The van der Waals surface area contributed by atoms with Crippen LogP contribution in [-0.4, -0.2) is 30.2 Å². The number of benzene rings is 1. The molecule has 0 bridgehead atoms. The SMILES string of the molecule is CC[NH+](CC)Cc1nc(NCc2ccccc2OC)c2c(C)c(C)sc2n1. The van der Waals surface area contributed by atoms with Gasteiger partial charge in [0.15, 0.2) is 5.82 Å². The van der Waals surface area contributed by atoms with Crippen LogP contribution in [0, 0.1) is 13.8 Å². The van der Waals surface area contributed by atoms with Crippen molar-refractivity contribution >= 4 is 27.4 Å². The molecule has 2 heterocycles. The second-order valence-electron chi connectivity index (χ2n) is 6.75. The molecule has 0 spiro atoms. The van der Waals surface area contributed by atoms with Gasteiger partial charge in [-0.05, 0) is 39.3 Å². The standard InChI is InChI=1S/C21H28N4OS/c1-6-25(7-2)13-18-23-20(19-14(3)15(4)27-21(19)24-18)22-12-16-10-8-9-11-17(16)26-5/h8-11H,6-7,12-13H2,1-5H3,(H,22,23,24)/p+1. The first-order valence-electron chi connectivity index (χ1n) is 9.53. The van der Waals surface area contributed by atoms with Crippen molar-refractivity contribution in [3.63, 3.8) is 0 Å². The predicted molar refractivity (Wildman–Crippen MR) is 113 cm³/mol. The van der Waals surface area contributed by atoms with Crippen LogP contribution in [-0.2, 0) is 13.1 Å². The summed E-state index contributed by atoms with van der Waals surface area (Å²) < 4.78 is 5.48. The third kappa shape index (κ3) is 4.22. The molecule has 0 aliphatic carbocycles. The van der Waals surface area contributed by atoms with Gasteiger partial charge in [-0.3, -0.25) is 0 Å². The molecule has 144 valence electrons. The first-order chi connectivity index (χ1) is 13.1. The van der Waals surface area contributed by atoms with Gasteiger partial charge in [-0.15, -0.1) is 11.3 Å². The van der Waals surface area contributed by atoms with Crippen LogP contribution in [0.15, 0.2) is 24.3 Å². The van der Waals surface area contributed by atoms with E-state index >= 15 is 0 Å². The Kier molecular flexibility index (Phi) is 6.29. The number of aryl methyl sites for hydroxylation is 2. The average Bonchev–Trinajstić information content (AvgIpc) is 2.98. The number of hydrogen-bond acceptors (Lipinski definition) is 5. The van der Waals surface area contributed by atoms with Gasteiger partial charge < -0.3 is 15.0 Å². The number of thiophene rings is 1. The van der Waals surface area contributed by atoms with Crippen molar-refractivity contribution in [3.05, 3.63) is 46.1 Å². The summed E-state index contributed by atoms with van der Waals surface area (Å²) in [4.78, 5) is 13.6. The topological polar surface area (TPSA) is 51.5 Å². The fraction of sp³-hybridized carbons (Fsp3) is 0.429. The molecule has 0 saturated carbocycles. The summed E-state index contributed by atoms with van der Waals surface area (Å²) in [5, 5.41) is 4.69. The van der Waals surface area contributed by atoms with Gasteiger partial charge in [0.1, 0.15) is 22.9 Å². The quantitative estimate of drug-likeness (QED) is 0.624. The van der Waals surface area contributed by atoms with Crippen molar-refractivity contribution in [2.24, 2.45) is 0 Å². The normalized spacial score (nSPS) is 11.3. The van der Waals surface area contributed by atoms with Gasteiger partial charge in [0.05, 0.1) is 25.6 Å². The number of aromatic nitrogens is 2. The second kappa shape index (κ2) is 8.67. The molecule has 6 heteroatoms. The minimum absolute atomic E-state index is 0.669. The van der Waals surface area contributed by atoms with Gasteiger partial charge in [-0.1, -0.05) is 18.2 Å². The minimum atomic E-state index is 0.669. The lowest BCUT2D eigenvalue weighted by Gasteiger charge is -2.16. The Bertz CT molecular complexity index is 918. The Labute approximate surface area is 165 Å². The van der Waals surface area contributed by atoms with Crippen molar-refractivity contribution < 1.29 is 9.64 Å². The van der Waals surface area contributed by atoms with Gasteiger partial charge >= 0.3 is 0 Å². The van der Waals surface area contributed by atoms with Crippen LogP contribution in [0.3, 0.4) is 0 Å². The summed E-state index contributed by atoms with van der Waals surface area (Å²) in [7, 11) is 1.71. The zero-order chi connectivity index (χ0) is 19.4. The van der Waals surface area contributed by atoms with Crippen LogP contribution in [0.1, 0.15) is 35.7 Å². The Morgan fingerprint density at radius 3 is 2.56 bits per heavy atom. The smallest absolute Gasteiger partial charge is 0.187 e. The molecule has 0 fully saturated rings. The van der Waals surface area contributed by atoms with E-state index in [9.17, 15) is 0 Å². The predicted octanol–water partition coefficient (Wildman–Crippen LogP) is 3.35. The molecule has 1 aromatic carbocycles. The van der Waals surface area contributed by atoms with Crippen LogP contribution in [0.4, 0.5) is 5.82 Å². The van der Waals surface area contributed by atoms with Gasteiger partial charge in [-0.25, -0.2) is 9.97 Å². The van der Waals surface area contributed by atoms with Gasteiger partial charge in [0.2, 0.25) is 0 Å². The zero-order valence-corrected chi connectivity index (χ0v) is 17.7. The highest BCUT2D eigenvalue weighted by Gasteiger charge is 2.17. The number of ether oxygens (including phenoxy) is 1. The van der Waals surface area contributed by atoms with E-state index in [1.807, 2.05) is 18.2 Å². The highest BCUT2D eigenvalue weighted by Crippen LogP contribution is 2.33. The Morgan fingerprint density at radius 2 is 1.85 bits per heavy atom. The first-order valence-corrected chi connectivity index (χ1v) is 10.3. The maximum absolute atomic E-state index is 5.48. The number of fused-ring (bicyclic) bond motifs is 1. The first kappa shape index (κ1) is 19.6. The van der Waals surface area contributed by atoms with Crippen LogP contribution < -0.4 is 15.0 Å². The summed E-state index contributed by atoms with van der Waals surface area (Å²) in [5.74, 6) is 2.72. The molecule has 2 N–H and O–H groups in total. The molecule has 5 nitrogen and oxygen atoms in total. The van der Waals surface area contributed by atoms with E-state index in [-0.39, 0.29) is 0 Å². The number of anilines is 1. The fourth-order valence-electron chi connectivity index (χ4n) is 3.25. The molecule has 0 saturated heterocycles. The highest BCUT2D eigenvalue weighted by atomic mass is 32.1. The molecule has 3 aromatic rings. The molecule has 2 aromatic heterocycles. The van der Waals surface area contributed by atoms with E-state index in [1.165, 1.54) is 15.3 Å². The summed E-state index contributed by atoms with van der Waals surface area (Å²) in [6, 6.07) is 8.09. The monoisotopic (exact) mass is 385 g/mol. The van der Waals surface area contributed by atoms with Crippen LogP contribution in [0.5, 0.6) is 5.75 Å². The highest BCUT2D eigenvalue weighted by molar-refractivity contribution is 7.18. The minimum Gasteiger partial charge on any atom is -0.496 e. The van der Waals surface area contributed by atoms with Crippen molar-refractivity contribution in [1.82, 2.24) is 9.97 Å². The third-order valence-electron chi connectivity index (χ3n) is 5.12. The molecule has 0 unspecified atom stereocenters. The van der Waals surface area contributed by atoms with Crippen LogP contribution >= 0.6 is 11.3 Å². The van der Waals surface area contributed by atoms with Crippen LogP contribution in [0.2, 0.25) is 0 Å². The van der Waals surface area contributed by atoms with E-state index < -0.39 is 0 Å². The lowest BCUT2D eigenvalue weighted by Crippen LogP contribution is -3.10. The maximum atomic E-state index is 5.48. The van der Waals surface area contributed by atoms with Crippen LogP contribution in [0.25, 0.3) is 10.2 Å². The van der Waals surface area contributed by atoms with E-state index in [0.717, 1.165) is 52.8 Å². The van der Waals surface area contributed by atoms with E-state index in [2.05, 4.69) is 39.1 Å². The van der Waals surface area contributed by atoms with E-state index in [4.69, 9.17) is 14.7 Å². The van der Waals surface area contributed by atoms with Gasteiger partial charge in [0.25, 0.3) is 0 Å². The van der Waals surface area contributed by atoms with Crippen molar-refractivity contribution in [2.45, 2.75) is 40.8 Å². The third-order valence-corrected chi connectivity index (χ3v) is 6.22. The molecule has 0 aliphatic rings. The molecule has 0 amide bonds. The number of rotatable bonds is 8. The molecular weight excluding hydrogens is 356 g/mol. The fourth-order valence-corrected chi connectivity index (χ4v) is 4.30. The number of para-hydroxylation sites is 1. The van der Waals surface area contributed by atoms with Gasteiger partial charge in [-0.2, -0.15) is 0 Å².